The van der Waals surface area contributed by atoms with Crippen LogP contribution in [0.2, 0.25) is 5.02 Å². The van der Waals surface area contributed by atoms with E-state index >= 15 is 0 Å². The molecule has 2 N–H and O–H groups in total. The second kappa shape index (κ2) is 5.14. The number of rotatable bonds is 4. The summed E-state index contributed by atoms with van der Waals surface area (Å²) < 4.78 is 31.4. The zero-order valence-electron chi connectivity index (χ0n) is 9.60. The Labute approximate surface area is 111 Å². The number of halogens is 1. The lowest BCUT2D eigenvalue weighted by atomic mass is 10.1. The molecule has 7 heteroatoms. The molecule has 0 bridgehead atoms. The topological polar surface area (TPSA) is 75.6 Å². The highest BCUT2D eigenvalue weighted by Gasteiger charge is 2.33. The predicted molar refractivity (Wildman–Crippen MR) is 67.0 cm³/mol. The third kappa shape index (κ3) is 3.02. The van der Waals surface area contributed by atoms with E-state index in [4.69, 9.17) is 16.3 Å². The molecule has 0 spiro atoms. The van der Waals surface area contributed by atoms with E-state index in [0.717, 1.165) is 0 Å². The van der Waals surface area contributed by atoms with E-state index in [9.17, 15) is 13.5 Å². The highest BCUT2D eigenvalue weighted by Crippen LogP contribution is 2.22. The van der Waals surface area contributed by atoms with Gasteiger partial charge < -0.3 is 9.84 Å². The molecule has 0 unspecified atom stereocenters. The second-order valence-corrected chi connectivity index (χ2v) is 6.42. The molecule has 2 rings (SSSR count). The molecule has 1 aromatic carbocycles. The molecule has 0 saturated carbocycles. The molecule has 1 saturated heterocycles. The Morgan fingerprint density at radius 2 is 2.17 bits per heavy atom. The predicted octanol–water partition coefficient (Wildman–Crippen LogP) is 0.770. The lowest BCUT2D eigenvalue weighted by molar-refractivity contribution is 0.0314. The van der Waals surface area contributed by atoms with E-state index in [1.54, 1.807) is 12.1 Å². The van der Waals surface area contributed by atoms with Crippen LogP contribution in [0.5, 0.6) is 0 Å². The van der Waals surface area contributed by atoms with Crippen LogP contribution >= 0.6 is 11.6 Å². The molecule has 5 nitrogen and oxygen atoms in total. The minimum atomic E-state index is -3.71. The van der Waals surface area contributed by atoms with Gasteiger partial charge in [0.05, 0.1) is 11.6 Å². The molecule has 1 atom stereocenters. The van der Waals surface area contributed by atoms with Gasteiger partial charge in [-0.2, -0.15) is 0 Å². The van der Waals surface area contributed by atoms with Crippen molar-refractivity contribution in [2.45, 2.75) is 16.9 Å². The fourth-order valence-corrected chi connectivity index (χ4v) is 3.34. The normalized spacial score (nSPS) is 24.3. The van der Waals surface area contributed by atoms with Crippen molar-refractivity contribution in [1.82, 2.24) is 4.72 Å². The molecule has 1 aromatic rings. The van der Waals surface area contributed by atoms with Crippen molar-refractivity contribution in [3.8, 4) is 0 Å². The van der Waals surface area contributed by atoms with Gasteiger partial charge in [-0.05, 0) is 12.1 Å². The maximum atomic E-state index is 12.0. The summed E-state index contributed by atoms with van der Waals surface area (Å²) in [6.07, 6.45) is 0.415. The first-order chi connectivity index (χ1) is 8.43. The molecule has 0 aromatic heterocycles. The number of nitrogens with one attached hydrogen (secondary N) is 1. The van der Waals surface area contributed by atoms with Crippen LogP contribution in [-0.2, 0) is 14.8 Å². The molecule has 1 aliphatic heterocycles. The van der Waals surface area contributed by atoms with Crippen LogP contribution in [-0.4, -0.2) is 38.9 Å². The van der Waals surface area contributed by atoms with Crippen LogP contribution in [0.15, 0.2) is 29.2 Å². The van der Waals surface area contributed by atoms with E-state index < -0.39 is 15.6 Å². The molecule has 100 valence electrons. The lowest BCUT2D eigenvalue weighted by Gasteiger charge is -2.20. The standard InChI is InChI=1S/C11H14ClNO4S/c12-9-3-1-2-4-10(9)18(15,16)13-7-11(14)5-6-17-8-11/h1-4,13-14H,5-8H2/t11-/m0/s1. The van der Waals surface area contributed by atoms with Crippen molar-refractivity contribution < 1.29 is 18.3 Å². The third-order valence-corrected chi connectivity index (χ3v) is 4.70. The Bertz CT molecular complexity index is 526. The van der Waals surface area contributed by atoms with Crippen LogP contribution < -0.4 is 4.72 Å². The summed E-state index contributed by atoms with van der Waals surface area (Å²) in [5.74, 6) is 0. The van der Waals surface area contributed by atoms with Crippen molar-refractivity contribution in [2.75, 3.05) is 19.8 Å². The number of benzene rings is 1. The molecular weight excluding hydrogens is 278 g/mol. The summed E-state index contributed by atoms with van der Waals surface area (Å²) >= 11 is 5.83. The van der Waals surface area contributed by atoms with E-state index in [1.165, 1.54) is 12.1 Å². The molecule has 1 fully saturated rings. The minimum Gasteiger partial charge on any atom is -0.386 e. The largest absolute Gasteiger partial charge is 0.386 e. The van der Waals surface area contributed by atoms with Gasteiger partial charge in [-0.1, -0.05) is 23.7 Å². The Balaban J connectivity index is 2.11. The van der Waals surface area contributed by atoms with Crippen molar-refractivity contribution in [2.24, 2.45) is 0 Å². The molecule has 1 aliphatic rings. The quantitative estimate of drug-likeness (QED) is 0.859. The number of hydrogen-bond donors (Lipinski definition) is 2. The van der Waals surface area contributed by atoms with E-state index in [0.29, 0.717) is 13.0 Å². The number of hydrogen-bond acceptors (Lipinski definition) is 4. The minimum absolute atomic E-state index is 0.00850. The van der Waals surface area contributed by atoms with Crippen molar-refractivity contribution in [3.63, 3.8) is 0 Å². The van der Waals surface area contributed by atoms with Gasteiger partial charge in [0.1, 0.15) is 10.5 Å². The first-order valence-corrected chi connectivity index (χ1v) is 7.33. The highest BCUT2D eigenvalue weighted by atomic mass is 35.5. The van der Waals surface area contributed by atoms with E-state index in [2.05, 4.69) is 4.72 Å². The number of ether oxygens (including phenoxy) is 1. The Morgan fingerprint density at radius 3 is 2.78 bits per heavy atom. The fourth-order valence-electron chi connectivity index (χ4n) is 1.71. The van der Waals surface area contributed by atoms with Crippen molar-refractivity contribution in [1.29, 1.82) is 0 Å². The van der Waals surface area contributed by atoms with Gasteiger partial charge in [-0.25, -0.2) is 13.1 Å². The zero-order chi connectivity index (χ0) is 13.2. The van der Waals surface area contributed by atoms with Gasteiger partial charge in [-0.3, -0.25) is 0 Å². The van der Waals surface area contributed by atoms with Crippen molar-refractivity contribution >= 4 is 21.6 Å². The lowest BCUT2D eigenvalue weighted by Crippen LogP contribution is -2.43. The molecule has 1 heterocycles. The SMILES string of the molecule is O=S(=O)(NC[C@@]1(O)CCOC1)c1ccccc1Cl. The van der Waals surface area contributed by atoms with Gasteiger partial charge in [0.25, 0.3) is 0 Å². The van der Waals surface area contributed by atoms with Crippen molar-refractivity contribution in [3.05, 3.63) is 29.3 Å². The summed E-state index contributed by atoms with van der Waals surface area (Å²) in [7, 11) is -3.71. The van der Waals surface area contributed by atoms with E-state index in [1.807, 2.05) is 0 Å². The van der Waals surface area contributed by atoms with Crippen LogP contribution in [0.1, 0.15) is 6.42 Å². The molecule has 0 radical (unpaired) electrons. The Morgan fingerprint density at radius 1 is 1.44 bits per heavy atom. The average molecular weight is 292 g/mol. The molecule has 0 aliphatic carbocycles. The first kappa shape index (κ1) is 13.8. The van der Waals surface area contributed by atoms with Crippen LogP contribution in [0.25, 0.3) is 0 Å². The van der Waals surface area contributed by atoms with Crippen LogP contribution in [0.3, 0.4) is 0 Å². The van der Waals surface area contributed by atoms with Crippen LogP contribution in [0.4, 0.5) is 0 Å². The van der Waals surface area contributed by atoms with Gasteiger partial charge in [0, 0.05) is 19.6 Å². The van der Waals surface area contributed by atoms with Gasteiger partial charge in [-0.15, -0.1) is 0 Å². The average Bonchev–Trinajstić information content (AvgIpc) is 2.75. The number of aliphatic hydroxyl groups is 1. The summed E-state index contributed by atoms with van der Waals surface area (Å²) in [5.41, 5.74) is -1.13. The Hall–Kier alpha value is -0.660. The maximum Gasteiger partial charge on any atom is 0.242 e. The van der Waals surface area contributed by atoms with Gasteiger partial charge >= 0.3 is 0 Å². The first-order valence-electron chi connectivity index (χ1n) is 5.47. The summed E-state index contributed by atoms with van der Waals surface area (Å²) in [5, 5.41) is 10.1. The maximum absolute atomic E-state index is 12.0. The number of sulfonamides is 1. The molecule has 0 amide bonds. The Kier molecular flexibility index (Phi) is 3.93. The summed E-state index contributed by atoms with van der Waals surface area (Å²) in [6, 6.07) is 6.16. The van der Waals surface area contributed by atoms with Crippen LogP contribution in [0, 0.1) is 0 Å². The van der Waals surface area contributed by atoms with Gasteiger partial charge in [0.2, 0.25) is 10.0 Å². The zero-order valence-corrected chi connectivity index (χ0v) is 11.2. The van der Waals surface area contributed by atoms with Gasteiger partial charge in [0.15, 0.2) is 0 Å². The smallest absolute Gasteiger partial charge is 0.242 e. The van der Waals surface area contributed by atoms with E-state index in [-0.39, 0.29) is 23.1 Å². The molecule has 18 heavy (non-hydrogen) atoms. The molecular formula is C11H14ClNO4S. The summed E-state index contributed by atoms with van der Waals surface area (Å²) in [6.45, 7) is 0.489. The second-order valence-electron chi connectivity index (χ2n) is 4.28. The third-order valence-electron chi connectivity index (χ3n) is 2.80. The summed E-state index contributed by atoms with van der Waals surface area (Å²) in [4.78, 5) is 0.00850. The highest BCUT2D eigenvalue weighted by molar-refractivity contribution is 7.89. The fraction of sp³-hybridized carbons (Fsp3) is 0.455. The monoisotopic (exact) mass is 291 g/mol.